The molecule has 0 aliphatic carbocycles. The third-order valence-corrected chi connectivity index (χ3v) is 4.42. The molecule has 0 saturated carbocycles. The first-order chi connectivity index (χ1) is 13.4. The van der Waals surface area contributed by atoms with Crippen molar-refractivity contribution in [1.82, 2.24) is 15.2 Å². The Balaban J connectivity index is 1.41. The van der Waals surface area contributed by atoms with E-state index in [0.29, 0.717) is 5.69 Å². The number of ether oxygens (including phenoxy) is 1. The molecule has 1 aliphatic rings. The van der Waals surface area contributed by atoms with E-state index in [1.807, 2.05) is 12.1 Å². The average Bonchev–Trinajstić information content (AvgIpc) is 2.65. The van der Waals surface area contributed by atoms with Crippen LogP contribution in [0.3, 0.4) is 0 Å². The SMILES string of the molecule is O=C(Nc1ccc(OC(F)(F)F)cc1)NC1CCN(Cc2ccncc2)CC1. The highest BCUT2D eigenvalue weighted by Crippen LogP contribution is 2.24. The lowest BCUT2D eigenvalue weighted by molar-refractivity contribution is -0.274. The van der Waals surface area contributed by atoms with Crippen LogP contribution in [0.15, 0.2) is 48.8 Å². The number of pyridine rings is 1. The van der Waals surface area contributed by atoms with Crippen molar-refractivity contribution in [2.75, 3.05) is 18.4 Å². The van der Waals surface area contributed by atoms with E-state index in [4.69, 9.17) is 0 Å². The van der Waals surface area contributed by atoms with Gasteiger partial charge in [-0.25, -0.2) is 4.79 Å². The standard InChI is InChI=1S/C19H21F3N4O2/c20-19(21,22)28-17-3-1-15(2-4-17)24-18(27)25-16-7-11-26(12-8-16)13-14-5-9-23-10-6-14/h1-6,9-10,16H,7-8,11-13H2,(H2,24,25,27). The van der Waals surface area contributed by atoms with Gasteiger partial charge in [-0.15, -0.1) is 13.2 Å². The van der Waals surface area contributed by atoms with Gasteiger partial charge < -0.3 is 15.4 Å². The number of alkyl halides is 3. The highest BCUT2D eigenvalue weighted by molar-refractivity contribution is 5.89. The Labute approximate surface area is 160 Å². The first-order valence-electron chi connectivity index (χ1n) is 8.92. The van der Waals surface area contributed by atoms with Crippen molar-refractivity contribution < 1.29 is 22.7 Å². The number of amides is 2. The molecule has 6 nitrogen and oxygen atoms in total. The molecule has 1 fully saturated rings. The number of aromatic nitrogens is 1. The number of nitrogens with one attached hydrogen (secondary N) is 2. The van der Waals surface area contributed by atoms with Crippen LogP contribution in [-0.4, -0.2) is 41.4 Å². The van der Waals surface area contributed by atoms with Gasteiger partial charge in [0.2, 0.25) is 0 Å². The molecular weight excluding hydrogens is 373 g/mol. The summed E-state index contributed by atoms with van der Waals surface area (Å²) in [6.07, 6.45) is 0.470. The van der Waals surface area contributed by atoms with Crippen LogP contribution in [0.4, 0.5) is 23.7 Å². The summed E-state index contributed by atoms with van der Waals surface area (Å²) in [5.41, 5.74) is 1.60. The molecule has 1 aliphatic heterocycles. The summed E-state index contributed by atoms with van der Waals surface area (Å²) < 4.78 is 40.3. The number of carbonyl (C=O) groups is 1. The van der Waals surface area contributed by atoms with Gasteiger partial charge in [0.1, 0.15) is 5.75 Å². The van der Waals surface area contributed by atoms with E-state index in [1.165, 1.54) is 17.7 Å². The van der Waals surface area contributed by atoms with Crippen LogP contribution in [0.5, 0.6) is 5.75 Å². The number of hydrogen-bond donors (Lipinski definition) is 2. The number of hydrogen-bond acceptors (Lipinski definition) is 4. The topological polar surface area (TPSA) is 66.5 Å². The van der Waals surface area contributed by atoms with E-state index in [9.17, 15) is 18.0 Å². The summed E-state index contributed by atoms with van der Waals surface area (Å²) >= 11 is 0. The van der Waals surface area contributed by atoms with Crippen molar-refractivity contribution in [2.45, 2.75) is 31.8 Å². The van der Waals surface area contributed by atoms with Gasteiger partial charge in [-0.2, -0.15) is 0 Å². The normalized spacial score (nSPS) is 15.8. The van der Waals surface area contributed by atoms with Crippen LogP contribution in [-0.2, 0) is 6.54 Å². The maximum atomic E-state index is 12.2. The van der Waals surface area contributed by atoms with Crippen LogP contribution >= 0.6 is 0 Å². The van der Waals surface area contributed by atoms with E-state index in [-0.39, 0.29) is 17.8 Å². The molecule has 0 unspecified atom stereocenters. The molecule has 150 valence electrons. The number of benzene rings is 1. The third-order valence-electron chi connectivity index (χ3n) is 4.42. The van der Waals surface area contributed by atoms with E-state index in [0.717, 1.165) is 44.6 Å². The Morgan fingerprint density at radius 3 is 2.36 bits per heavy atom. The molecule has 2 aromatic rings. The van der Waals surface area contributed by atoms with Crippen LogP contribution < -0.4 is 15.4 Å². The second-order valence-electron chi connectivity index (χ2n) is 6.58. The summed E-state index contributed by atoms with van der Waals surface area (Å²) in [7, 11) is 0. The fourth-order valence-corrected chi connectivity index (χ4v) is 3.07. The Morgan fingerprint density at radius 1 is 1.11 bits per heavy atom. The molecule has 3 rings (SSSR count). The van der Waals surface area contributed by atoms with Gasteiger partial charge in [-0.3, -0.25) is 9.88 Å². The molecule has 1 aromatic heterocycles. The van der Waals surface area contributed by atoms with E-state index in [1.54, 1.807) is 12.4 Å². The zero-order valence-electron chi connectivity index (χ0n) is 15.1. The minimum atomic E-state index is -4.74. The van der Waals surface area contributed by atoms with Crippen LogP contribution in [0, 0.1) is 0 Å². The van der Waals surface area contributed by atoms with Crippen LogP contribution in [0.25, 0.3) is 0 Å². The van der Waals surface area contributed by atoms with Gasteiger partial charge in [-0.1, -0.05) is 0 Å². The van der Waals surface area contributed by atoms with E-state index < -0.39 is 6.36 Å². The Hall–Kier alpha value is -2.81. The molecule has 2 N–H and O–H groups in total. The van der Waals surface area contributed by atoms with Crippen molar-refractivity contribution in [1.29, 1.82) is 0 Å². The van der Waals surface area contributed by atoms with Crippen molar-refractivity contribution >= 4 is 11.7 Å². The summed E-state index contributed by atoms with van der Waals surface area (Å²) in [5.74, 6) is -0.333. The second-order valence-corrected chi connectivity index (χ2v) is 6.58. The minimum absolute atomic E-state index is 0.0570. The van der Waals surface area contributed by atoms with Gasteiger partial charge in [0.05, 0.1) is 0 Å². The zero-order valence-corrected chi connectivity index (χ0v) is 15.1. The van der Waals surface area contributed by atoms with Gasteiger partial charge >= 0.3 is 12.4 Å². The number of halogens is 3. The highest BCUT2D eigenvalue weighted by atomic mass is 19.4. The number of anilines is 1. The lowest BCUT2D eigenvalue weighted by atomic mass is 10.0. The number of carbonyl (C=O) groups excluding carboxylic acids is 1. The van der Waals surface area contributed by atoms with Gasteiger partial charge in [0.25, 0.3) is 0 Å². The average molecular weight is 394 g/mol. The number of nitrogens with zero attached hydrogens (tertiary/aromatic N) is 2. The molecule has 28 heavy (non-hydrogen) atoms. The molecule has 1 aromatic carbocycles. The molecule has 0 spiro atoms. The first-order valence-corrected chi connectivity index (χ1v) is 8.92. The molecular formula is C19H21F3N4O2. The van der Waals surface area contributed by atoms with Crippen LogP contribution in [0.1, 0.15) is 18.4 Å². The van der Waals surface area contributed by atoms with Crippen molar-refractivity contribution in [3.63, 3.8) is 0 Å². The summed E-state index contributed by atoms with van der Waals surface area (Å²) in [5, 5.41) is 5.53. The predicted molar refractivity (Wildman–Crippen MR) is 97.8 cm³/mol. The van der Waals surface area contributed by atoms with E-state index in [2.05, 4.69) is 25.3 Å². The summed E-state index contributed by atoms with van der Waals surface area (Å²) in [6.45, 7) is 2.60. The van der Waals surface area contributed by atoms with Crippen LogP contribution in [0.2, 0.25) is 0 Å². The van der Waals surface area contributed by atoms with Crippen molar-refractivity contribution in [3.05, 3.63) is 54.4 Å². The minimum Gasteiger partial charge on any atom is -0.406 e. The molecule has 1 saturated heterocycles. The first kappa shape index (κ1) is 19.9. The monoisotopic (exact) mass is 394 g/mol. The Morgan fingerprint density at radius 2 is 1.75 bits per heavy atom. The maximum absolute atomic E-state index is 12.2. The lowest BCUT2D eigenvalue weighted by Crippen LogP contribution is -2.45. The number of likely N-dealkylation sites (tertiary alicyclic amines) is 1. The van der Waals surface area contributed by atoms with Gasteiger partial charge in [0, 0.05) is 43.8 Å². The number of rotatable bonds is 5. The second kappa shape index (κ2) is 8.92. The zero-order chi connectivity index (χ0) is 20.0. The maximum Gasteiger partial charge on any atom is 0.573 e. The lowest BCUT2D eigenvalue weighted by Gasteiger charge is -2.32. The third kappa shape index (κ3) is 6.41. The number of piperidine rings is 1. The fraction of sp³-hybridized carbons (Fsp3) is 0.368. The van der Waals surface area contributed by atoms with Crippen molar-refractivity contribution in [2.24, 2.45) is 0 Å². The summed E-state index contributed by atoms with van der Waals surface area (Å²) in [6, 6.07) is 8.68. The molecule has 9 heteroatoms. The highest BCUT2D eigenvalue weighted by Gasteiger charge is 2.31. The molecule has 0 radical (unpaired) electrons. The smallest absolute Gasteiger partial charge is 0.406 e. The summed E-state index contributed by atoms with van der Waals surface area (Å²) in [4.78, 5) is 18.4. The molecule has 0 bridgehead atoms. The van der Waals surface area contributed by atoms with Crippen molar-refractivity contribution in [3.8, 4) is 5.75 Å². The Bertz CT molecular complexity index is 761. The molecule has 2 heterocycles. The molecule has 2 amide bonds. The largest absolute Gasteiger partial charge is 0.573 e. The Kier molecular flexibility index (Phi) is 6.35. The molecule has 0 atom stereocenters. The van der Waals surface area contributed by atoms with Gasteiger partial charge in [0.15, 0.2) is 0 Å². The van der Waals surface area contributed by atoms with Gasteiger partial charge in [-0.05, 0) is 54.8 Å². The fourth-order valence-electron chi connectivity index (χ4n) is 3.07. The van der Waals surface area contributed by atoms with E-state index >= 15 is 0 Å². The predicted octanol–water partition coefficient (Wildman–Crippen LogP) is 3.77. The number of urea groups is 1. The quantitative estimate of drug-likeness (QED) is 0.810.